The lowest BCUT2D eigenvalue weighted by atomic mass is 10.1. The molecule has 0 spiro atoms. The molecule has 0 bridgehead atoms. The van der Waals surface area contributed by atoms with Gasteiger partial charge in [0, 0.05) is 17.5 Å². The minimum Gasteiger partial charge on any atom is -0.289 e. The highest BCUT2D eigenvalue weighted by Crippen LogP contribution is 2.34. The minimum absolute atomic E-state index is 0.374. The average Bonchev–Trinajstić information content (AvgIpc) is 2.92. The van der Waals surface area contributed by atoms with Gasteiger partial charge in [0.25, 0.3) is 0 Å². The van der Waals surface area contributed by atoms with E-state index in [-0.39, 0.29) is 0 Å². The predicted octanol–water partition coefficient (Wildman–Crippen LogP) is 4.89. The van der Waals surface area contributed by atoms with E-state index >= 15 is 0 Å². The number of nitrogens with zero attached hydrogens (tertiary/aromatic N) is 4. The van der Waals surface area contributed by atoms with Gasteiger partial charge in [-0.1, -0.05) is 0 Å². The van der Waals surface area contributed by atoms with Crippen molar-refractivity contribution in [2.24, 2.45) is 0 Å². The van der Waals surface area contributed by atoms with Gasteiger partial charge in [-0.05, 0) is 51.1 Å². The van der Waals surface area contributed by atoms with Crippen LogP contribution in [0.4, 0.5) is 13.2 Å². The van der Waals surface area contributed by atoms with Crippen LogP contribution >= 0.6 is 0 Å². The number of imidazole rings is 1. The van der Waals surface area contributed by atoms with Crippen molar-refractivity contribution in [1.29, 1.82) is 0 Å². The quantitative estimate of drug-likeness (QED) is 0.488. The lowest BCUT2D eigenvalue weighted by Gasteiger charge is -2.12. The lowest BCUT2D eigenvalue weighted by molar-refractivity contribution is -0.137. The molecule has 0 aliphatic rings. The van der Waals surface area contributed by atoms with Gasteiger partial charge in [-0.15, -0.1) is 0 Å². The number of halogens is 3. The molecule has 3 aromatic heterocycles. The second-order valence-electron chi connectivity index (χ2n) is 6.24. The molecule has 7 heteroatoms. The molecule has 4 rings (SSSR count). The fourth-order valence-electron chi connectivity index (χ4n) is 3.30. The van der Waals surface area contributed by atoms with Crippen molar-refractivity contribution < 1.29 is 13.2 Å². The number of hydrogen-bond acceptors (Lipinski definition) is 3. The van der Waals surface area contributed by atoms with Crippen molar-refractivity contribution in [3.05, 3.63) is 59.2 Å². The van der Waals surface area contributed by atoms with Crippen LogP contribution in [0.3, 0.4) is 0 Å². The van der Waals surface area contributed by atoms with Crippen LogP contribution in [-0.2, 0) is 6.18 Å². The Bertz CT molecular complexity index is 1160. The summed E-state index contributed by atoms with van der Waals surface area (Å²) in [5, 5.41) is 0. The molecule has 26 heavy (non-hydrogen) atoms. The van der Waals surface area contributed by atoms with Crippen molar-refractivity contribution in [2.45, 2.75) is 26.9 Å². The third-order valence-electron chi connectivity index (χ3n) is 4.47. The van der Waals surface area contributed by atoms with Crippen LogP contribution < -0.4 is 0 Å². The van der Waals surface area contributed by atoms with Crippen LogP contribution in [0.1, 0.15) is 22.6 Å². The Morgan fingerprint density at radius 2 is 1.65 bits per heavy atom. The van der Waals surface area contributed by atoms with E-state index < -0.39 is 11.7 Å². The van der Waals surface area contributed by atoms with Gasteiger partial charge in [0.15, 0.2) is 0 Å². The standard InChI is InChI=1S/C19H15F3N4/c1-10-14(5-4-8-23-10)18-25-12(3)17-11(2)24-15-7-6-13(19(20,21)22)9-16(15)26(17)18/h4-9H,1-3H3. The Balaban J connectivity index is 2.19. The SMILES string of the molecule is Cc1ncccc1-c1nc(C)c2c(C)nc3ccc(C(F)(F)F)cc3n12. The van der Waals surface area contributed by atoms with Gasteiger partial charge in [-0.2, -0.15) is 13.2 Å². The number of hydrogen-bond donors (Lipinski definition) is 0. The maximum absolute atomic E-state index is 13.2. The summed E-state index contributed by atoms with van der Waals surface area (Å²) in [6, 6.07) is 7.24. The van der Waals surface area contributed by atoms with Crippen molar-refractivity contribution >= 4 is 16.6 Å². The van der Waals surface area contributed by atoms with E-state index in [1.807, 2.05) is 26.8 Å². The maximum atomic E-state index is 13.2. The van der Waals surface area contributed by atoms with Crippen LogP contribution in [0.25, 0.3) is 27.9 Å². The first kappa shape index (κ1) is 16.5. The Hall–Kier alpha value is -2.96. The minimum atomic E-state index is -4.43. The third kappa shape index (κ3) is 2.42. The molecule has 0 amide bonds. The zero-order valence-electron chi connectivity index (χ0n) is 14.4. The van der Waals surface area contributed by atoms with Gasteiger partial charge in [0.05, 0.1) is 33.5 Å². The number of benzene rings is 1. The fourth-order valence-corrected chi connectivity index (χ4v) is 3.30. The first-order valence-electron chi connectivity index (χ1n) is 8.06. The monoisotopic (exact) mass is 356 g/mol. The largest absolute Gasteiger partial charge is 0.416 e. The first-order valence-corrected chi connectivity index (χ1v) is 8.06. The molecule has 0 fully saturated rings. The zero-order chi connectivity index (χ0) is 18.6. The van der Waals surface area contributed by atoms with Gasteiger partial charge in [-0.25, -0.2) is 9.97 Å². The van der Waals surface area contributed by atoms with Gasteiger partial charge in [0.2, 0.25) is 0 Å². The van der Waals surface area contributed by atoms with E-state index in [4.69, 9.17) is 0 Å². The van der Waals surface area contributed by atoms with Crippen LogP contribution in [0, 0.1) is 20.8 Å². The molecule has 0 atom stereocenters. The molecule has 4 nitrogen and oxygen atoms in total. The molecule has 0 aliphatic carbocycles. The second kappa shape index (κ2) is 5.52. The van der Waals surface area contributed by atoms with Crippen LogP contribution in [0.2, 0.25) is 0 Å². The molecule has 3 heterocycles. The Kier molecular flexibility index (Phi) is 3.50. The zero-order valence-corrected chi connectivity index (χ0v) is 14.4. The number of pyridine rings is 1. The maximum Gasteiger partial charge on any atom is 0.416 e. The molecule has 0 saturated heterocycles. The second-order valence-corrected chi connectivity index (χ2v) is 6.24. The average molecular weight is 356 g/mol. The van der Waals surface area contributed by atoms with E-state index in [0.29, 0.717) is 22.6 Å². The van der Waals surface area contributed by atoms with Crippen molar-refractivity contribution in [2.75, 3.05) is 0 Å². The van der Waals surface area contributed by atoms with E-state index in [1.165, 1.54) is 6.07 Å². The third-order valence-corrected chi connectivity index (χ3v) is 4.47. The number of fused-ring (bicyclic) bond motifs is 3. The summed E-state index contributed by atoms with van der Waals surface area (Å²) in [5.41, 5.74) is 3.84. The fraction of sp³-hybridized carbons (Fsp3) is 0.211. The molecular formula is C19H15F3N4. The molecule has 0 saturated carbocycles. The topological polar surface area (TPSA) is 43.1 Å². The van der Waals surface area contributed by atoms with Gasteiger partial charge >= 0.3 is 6.18 Å². The molecule has 0 unspecified atom stereocenters. The summed E-state index contributed by atoms with van der Waals surface area (Å²) >= 11 is 0. The summed E-state index contributed by atoms with van der Waals surface area (Å²) in [6.45, 7) is 5.52. The molecule has 0 aliphatic heterocycles. The summed E-state index contributed by atoms with van der Waals surface area (Å²) in [5.74, 6) is 0.568. The van der Waals surface area contributed by atoms with Gasteiger partial charge in [-0.3, -0.25) is 9.38 Å². The highest BCUT2D eigenvalue weighted by Gasteiger charge is 2.31. The van der Waals surface area contributed by atoms with Gasteiger partial charge < -0.3 is 0 Å². The van der Waals surface area contributed by atoms with Crippen molar-refractivity contribution in [3.63, 3.8) is 0 Å². The highest BCUT2D eigenvalue weighted by molar-refractivity contribution is 5.84. The molecule has 132 valence electrons. The van der Waals surface area contributed by atoms with Crippen molar-refractivity contribution in [1.82, 2.24) is 19.4 Å². The van der Waals surface area contributed by atoms with Crippen LogP contribution in [-0.4, -0.2) is 19.4 Å². The number of rotatable bonds is 1. The summed E-state index contributed by atoms with van der Waals surface area (Å²) in [6.07, 6.45) is -2.75. The molecular weight excluding hydrogens is 341 g/mol. The molecule has 4 aromatic rings. The molecule has 1 aromatic carbocycles. The smallest absolute Gasteiger partial charge is 0.289 e. The summed E-state index contributed by atoms with van der Waals surface area (Å²) in [7, 11) is 0. The number of aromatic nitrogens is 4. The summed E-state index contributed by atoms with van der Waals surface area (Å²) < 4.78 is 41.5. The Labute approximate surface area is 147 Å². The Morgan fingerprint density at radius 3 is 2.35 bits per heavy atom. The Morgan fingerprint density at radius 1 is 0.923 bits per heavy atom. The number of aryl methyl sites for hydroxylation is 3. The van der Waals surface area contributed by atoms with Crippen molar-refractivity contribution in [3.8, 4) is 11.4 Å². The van der Waals surface area contributed by atoms with E-state index in [0.717, 1.165) is 34.6 Å². The summed E-state index contributed by atoms with van der Waals surface area (Å²) in [4.78, 5) is 13.4. The number of alkyl halides is 3. The van der Waals surface area contributed by atoms with E-state index in [2.05, 4.69) is 15.0 Å². The molecule has 0 N–H and O–H groups in total. The van der Waals surface area contributed by atoms with Gasteiger partial charge in [0.1, 0.15) is 5.82 Å². The normalized spacial score (nSPS) is 12.2. The van der Waals surface area contributed by atoms with E-state index in [1.54, 1.807) is 16.7 Å². The van der Waals surface area contributed by atoms with Crippen LogP contribution in [0.15, 0.2) is 36.5 Å². The molecule has 0 radical (unpaired) electrons. The predicted molar refractivity (Wildman–Crippen MR) is 92.9 cm³/mol. The lowest BCUT2D eigenvalue weighted by Crippen LogP contribution is -2.06. The highest BCUT2D eigenvalue weighted by atomic mass is 19.4. The first-order chi connectivity index (χ1) is 12.3. The van der Waals surface area contributed by atoms with Crippen LogP contribution in [0.5, 0.6) is 0 Å². The van der Waals surface area contributed by atoms with E-state index in [9.17, 15) is 13.2 Å².